The summed E-state index contributed by atoms with van der Waals surface area (Å²) in [5, 5.41) is 3.15. The van der Waals surface area contributed by atoms with Crippen molar-refractivity contribution in [1.29, 1.82) is 0 Å². The van der Waals surface area contributed by atoms with Crippen molar-refractivity contribution in [1.82, 2.24) is 15.1 Å². The minimum atomic E-state index is 0.0360. The summed E-state index contributed by atoms with van der Waals surface area (Å²) in [5.74, 6) is 0.867. The van der Waals surface area contributed by atoms with Crippen LogP contribution in [0.1, 0.15) is 31.9 Å². The van der Waals surface area contributed by atoms with Crippen LogP contribution in [-0.2, 0) is 0 Å². The van der Waals surface area contributed by atoms with Gasteiger partial charge in [0, 0.05) is 26.2 Å². The molecule has 1 aliphatic heterocycles. The molecule has 1 aromatic carbocycles. The van der Waals surface area contributed by atoms with E-state index in [1.54, 1.807) is 0 Å². The highest BCUT2D eigenvalue weighted by molar-refractivity contribution is 5.74. The maximum Gasteiger partial charge on any atom is 0.317 e. The molecule has 1 fully saturated rings. The Bertz CT molecular complexity index is 467. The molecule has 0 spiro atoms. The Morgan fingerprint density at radius 1 is 1.18 bits per heavy atom. The number of ether oxygens (including phenoxy) is 1. The van der Waals surface area contributed by atoms with Gasteiger partial charge >= 0.3 is 6.03 Å². The topological polar surface area (TPSA) is 44.8 Å². The molecule has 0 aromatic heterocycles. The van der Waals surface area contributed by atoms with Gasteiger partial charge in [-0.05, 0) is 38.1 Å². The SMILES string of the molecule is CCOc1ccc(C(CC)NC(=O)N2CCN(C)CC2)cc1. The molecule has 0 aliphatic carbocycles. The minimum Gasteiger partial charge on any atom is -0.494 e. The Morgan fingerprint density at radius 2 is 1.82 bits per heavy atom. The number of rotatable bonds is 5. The Morgan fingerprint density at radius 3 is 2.36 bits per heavy atom. The third kappa shape index (κ3) is 4.37. The zero-order chi connectivity index (χ0) is 15.9. The summed E-state index contributed by atoms with van der Waals surface area (Å²) in [6.45, 7) is 8.19. The largest absolute Gasteiger partial charge is 0.494 e. The van der Waals surface area contributed by atoms with E-state index in [0.29, 0.717) is 6.61 Å². The second kappa shape index (κ2) is 8.03. The van der Waals surface area contributed by atoms with Crippen LogP contribution in [0, 0.1) is 0 Å². The van der Waals surface area contributed by atoms with Crippen LogP contribution in [0.3, 0.4) is 0 Å². The normalized spacial score (nSPS) is 17.1. The highest BCUT2D eigenvalue weighted by Crippen LogP contribution is 2.20. The van der Waals surface area contributed by atoms with E-state index in [9.17, 15) is 4.79 Å². The Balaban J connectivity index is 1.94. The fourth-order valence-electron chi connectivity index (χ4n) is 2.63. The molecule has 0 saturated carbocycles. The van der Waals surface area contributed by atoms with Gasteiger partial charge in [0.25, 0.3) is 0 Å². The number of carbonyl (C=O) groups excluding carboxylic acids is 1. The molecule has 0 radical (unpaired) electrons. The predicted octanol–water partition coefficient (Wildman–Crippen LogP) is 2.49. The van der Waals surface area contributed by atoms with Crippen LogP contribution in [0.25, 0.3) is 0 Å². The molecule has 1 N–H and O–H groups in total. The van der Waals surface area contributed by atoms with Gasteiger partial charge in [0.15, 0.2) is 0 Å². The molecule has 122 valence electrons. The van der Waals surface area contributed by atoms with Crippen molar-refractivity contribution in [2.75, 3.05) is 39.8 Å². The van der Waals surface area contributed by atoms with Crippen LogP contribution < -0.4 is 10.1 Å². The maximum atomic E-state index is 12.4. The fraction of sp³-hybridized carbons (Fsp3) is 0.588. The van der Waals surface area contributed by atoms with E-state index in [4.69, 9.17) is 4.74 Å². The number of nitrogens with one attached hydrogen (secondary N) is 1. The number of benzene rings is 1. The van der Waals surface area contributed by atoms with Crippen LogP contribution in [0.15, 0.2) is 24.3 Å². The number of urea groups is 1. The third-order valence-electron chi connectivity index (χ3n) is 4.09. The Hall–Kier alpha value is -1.75. The van der Waals surface area contributed by atoms with Crippen molar-refractivity contribution >= 4 is 6.03 Å². The standard InChI is InChI=1S/C17H27N3O2/c1-4-16(14-6-8-15(9-7-14)22-5-2)18-17(21)20-12-10-19(3)11-13-20/h6-9,16H,4-5,10-13H2,1-3H3,(H,18,21). The summed E-state index contributed by atoms with van der Waals surface area (Å²) >= 11 is 0. The molecular formula is C17H27N3O2. The zero-order valence-electron chi connectivity index (χ0n) is 13.8. The van der Waals surface area contributed by atoms with E-state index in [0.717, 1.165) is 43.9 Å². The van der Waals surface area contributed by atoms with E-state index in [1.165, 1.54) is 0 Å². The predicted molar refractivity (Wildman–Crippen MR) is 88.2 cm³/mol. The number of nitrogens with zero attached hydrogens (tertiary/aromatic N) is 2. The lowest BCUT2D eigenvalue weighted by atomic mass is 10.0. The minimum absolute atomic E-state index is 0.0360. The molecule has 5 heteroatoms. The van der Waals surface area contributed by atoms with E-state index in [-0.39, 0.29) is 12.1 Å². The van der Waals surface area contributed by atoms with Crippen LogP contribution in [-0.4, -0.2) is 55.7 Å². The van der Waals surface area contributed by atoms with E-state index < -0.39 is 0 Å². The average Bonchev–Trinajstić information content (AvgIpc) is 2.54. The molecule has 0 bridgehead atoms. The number of likely N-dealkylation sites (N-methyl/N-ethyl adjacent to an activating group) is 1. The first-order valence-corrected chi connectivity index (χ1v) is 8.10. The van der Waals surface area contributed by atoms with Crippen LogP contribution in [0.4, 0.5) is 4.79 Å². The first kappa shape index (κ1) is 16.6. The van der Waals surface area contributed by atoms with Crippen molar-refractivity contribution in [3.63, 3.8) is 0 Å². The van der Waals surface area contributed by atoms with Crippen molar-refractivity contribution < 1.29 is 9.53 Å². The molecule has 1 atom stereocenters. The van der Waals surface area contributed by atoms with E-state index in [2.05, 4.69) is 24.2 Å². The summed E-state index contributed by atoms with van der Waals surface area (Å²) in [6, 6.07) is 8.07. The van der Waals surface area contributed by atoms with Crippen molar-refractivity contribution in [2.45, 2.75) is 26.3 Å². The molecular weight excluding hydrogens is 278 g/mol. The average molecular weight is 305 g/mol. The highest BCUT2D eigenvalue weighted by atomic mass is 16.5. The fourth-order valence-corrected chi connectivity index (χ4v) is 2.63. The number of hydrogen-bond acceptors (Lipinski definition) is 3. The number of carbonyl (C=O) groups is 1. The second-order valence-corrected chi connectivity index (χ2v) is 5.70. The molecule has 22 heavy (non-hydrogen) atoms. The molecule has 1 aliphatic rings. The molecule has 1 saturated heterocycles. The van der Waals surface area contributed by atoms with Crippen molar-refractivity contribution in [3.05, 3.63) is 29.8 Å². The number of hydrogen-bond donors (Lipinski definition) is 1. The lowest BCUT2D eigenvalue weighted by molar-refractivity contribution is 0.151. The van der Waals surface area contributed by atoms with Gasteiger partial charge in [-0.1, -0.05) is 19.1 Å². The summed E-state index contributed by atoms with van der Waals surface area (Å²) in [7, 11) is 2.09. The molecule has 1 unspecified atom stereocenters. The lowest BCUT2D eigenvalue weighted by Crippen LogP contribution is -2.51. The number of piperazine rings is 1. The van der Waals surface area contributed by atoms with Gasteiger partial charge in [-0.3, -0.25) is 0 Å². The first-order valence-electron chi connectivity index (χ1n) is 8.10. The summed E-state index contributed by atoms with van der Waals surface area (Å²) in [4.78, 5) is 16.5. The van der Waals surface area contributed by atoms with Gasteiger partial charge in [0.05, 0.1) is 12.6 Å². The van der Waals surface area contributed by atoms with Gasteiger partial charge in [-0.2, -0.15) is 0 Å². The van der Waals surface area contributed by atoms with Crippen LogP contribution in [0.2, 0.25) is 0 Å². The summed E-state index contributed by atoms with van der Waals surface area (Å²) in [5.41, 5.74) is 1.12. The summed E-state index contributed by atoms with van der Waals surface area (Å²) in [6.07, 6.45) is 0.869. The lowest BCUT2D eigenvalue weighted by Gasteiger charge is -2.33. The quantitative estimate of drug-likeness (QED) is 0.909. The van der Waals surface area contributed by atoms with Gasteiger partial charge in [-0.15, -0.1) is 0 Å². The Labute approximate surface area is 133 Å². The first-order chi connectivity index (χ1) is 10.6. The van der Waals surface area contributed by atoms with Gasteiger partial charge in [0.1, 0.15) is 5.75 Å². The summed E-state index contributed by atoms with van der Waals surface area (Å²) < 4.78 is 5.46. The monoisotopic (exact) mass is 305 g/mol. The van der Waals surface area contributed by atoms with Crippen LogP contribution >= 0.6 is 0 Å². The van der Waals surface area contributed by atoms with Gasteiger partial charge in [0.2, 0.25) is 0 Å². The molecule has 2 rings (SSSR count). The number of amides is 2. The highest BCUT2D eigenvalue weighted by Gasteiger charge is 2.21. The maximum absolute atomic E-state index is 12.4. The van der Waals surface area contributed by atoms with Crippen molar-refractivity contribution in [2.24, 2.45) is 0 Å². The smallest absolute Gasteiger partial charge is 0.317 e. The van der Waals surface area contributed by atoms with Crippen molar-refractivity contribution in [3.8, 4) is 5.75 Å². The second-order valence-electron chi connectivity index (χ2n) is 5.70. The third-order valence-corrected chi connectivity index (χ3v) is 4.09. The Kier molecular flexibility index (Phi) is 6.07. The van der Waals surface area contributed by atoms with Gasteiger partial charge in [-0.25, -0.2) is 4.79 Å². The molecule has 5 nitrogen and oxygen atoms in total. The van der Waals surface area contributed by atoms with E-state index >= 15 is 0 Å². The zero-order valence-corrected chi connectivity index (χ0v) is 13.8. The van der Waals surface area contributed by atoms with E-state index in [1.807, 2.05) is 36.1 Å². The molecule has 1 heterocycles. The molecule has 1 aromatic rings. The van der Waals surface area contributed by atoms with Gasteiger partial charge < -0.3 is 19.9 Å². The molecule has 2 amide bonds. The van der Waals surface area contributed by atoms with Crippen LogP contribution in [0.5, 0.6) is 5.75 Å².